The van der Waals surface area contributed by atoms with Gasteiger partial charge in [-0.25, -0.2) is 4.39 Å². The number of halogens is 1. The number of phenols is 1. The second kappa shape index (κ2) is 6.41. The third-order valence-corrected chi connectivity index (χ3v) is 4.47. The van der Waals surface area contributed by atoms with Gasteiger partial charge in [0, 0.05) is 12.1 Å². The van der Waals surface area contributed by atoms with Crippen LogP contribution in [0.2, 0.25) is 0 Å². The summed E-state index contributed by atoms with van der Waals surface area (Å²) in [4.78, 5) is 14.7. The Hall–Kier alpha value is -2.36. The first-order valence-electron chi connectivity index (χ1n) is 7.92. The van der Waals surface area contributed by atoms with Crippen molar-refractivity contribution in [1.29, 1.82) is 0 Å². The summed E-state index contributed by atoms with van der Waals surface area (Å²) in [5, 5.41) is 9.85. The van der Waals surface area contributed by atoms with Gasteiger partial charge in [-0.05, 0) is 61.6 Å². The summed E-state index contributed by atoms with van der Waals surface area (Å²) in [6.07, 6.45) is 2.88. The van der Waals surface area contributed by atoms with Crippen LogP contribution >= 0.6 is 0 Å². The fraction of sp³-hybridized carbons (Fsp3) is 0.316. The zero-order chi connectivity index (χ0) is 16.4. The third-order valence-electron chi connectivity index (χ3n) is 4.47. The number of hydrogen-bond donors (Lipinski definition) is 1. The van der Waals surface area contributed by atoms with E-state index in [1.54, 1.807) is 31.2 Å². The fourth-order valence-corrected chi connectivity index (χ4v) is 3.11. The van der Waals surface area contributed by atoms with Gasteiger partial charge < -0.3 is 10.0 Å². The van der Waals surface area contributed by atoms with Crippen LogP contribution in [-0.4, -0.2) is 22.5 Å². The summed E-state index contributed by atoms with van der Waals surface area (Å²) in [5.74, 6) is -0.230. The Morgan fingerprint density at radius 3 is 2.61 bits per heavy atom. The molecule has 120 valence electrons. The van der Waals surface area contributed by atoms with E-state index in [1.165, 1.54) is 18.2 Å². The van der Waals surface area contributed by atoms with Gasteiger partial charge in [-0.1, -0.05) is 18.2 Å². The number of nitrogens with zero attached hydrogens (tertiary/aromatic N) is 1. The summed E-state index contributed by atoms with van der Waals surface area (Å²) < 4.78 is 13.1. The topological polar surface area (TPSA) is 40.5 Å². The zero-order valence-corrected chi connectivity index (χ0v) is 13.1. The fourth-order valence-electron chi connectivity index (χ4n) is 3.11. The predicted molar refractivity (Wildman–Crippen MR) is 86.9 cm³/mol. The molecule has 23 heavy (non-hydrogen) atoms. The zero-order valence-electron chi connectivity index (χ0n) is 13.1. The Balaban J connectivity index is 1.89. The number of carbonyl (C=O) groups is 1. The maximum Gasteiger partial charge on any atom is 0.254 e. The lowest BCUT2D eigenvalue weighted by Gasteiger charge is -2.36. The van der Waals surface area contributed by atoms with Crippen molar-refractivity contribution in [2.45, 2.75) is 32.2 Å². The van der Waals surface area contributed by atoms with Crippen LogP contribution in [0.3, 0.4) is 0 Å². The average Bonchev–Trinajstić information content (AvgIpc) is 2.57. The van der Waals surface area contributed by atoms with Gasteiger partial charge in [-0.15, -0.1) is 0 Å². The molecule has 2 aromatic carbocycles. The van der Waals surface area contributed by atoms with E-state index in [0.29, 0.717) is 12.1 Å². The standard InChI is InChI=1S/C19H20FNO2/c1-13-5-6-15(12-18(13)22)19(23)21-11-3-2-4-17(21)14-7-9-16(20)10-8-14/h5-10,12,17,22H,2-4,11H2,1H3/t17-/m0/s1. The van der Waals surface area contributed by atoms with Crippen LogP contribution in [0.15, 0.2) is 42.5 Å². The molecule has 0 aromatic heterocycles. The van der Waals surface area contributed by atoms with E-state index in [1.807, 2.05) is 4.90 Å². The first-order valence-corrected chi connectivity index (χ1v) is 7.92. The Kier molecular flexibility index (Phi) is 4.33. The lowest BCUT2D eigenvalue weighted by Crippen LogP contribution is -2.38. The number of aryl methyl sites for hydroxylation is 1. The van der Waals surface area contributed by atoms with E-state index < -0.39 is 0 Å². The van der Waals surface area contributed by atoms with Gasteiger partial charge in [0.2, 0.25) is 0 Å². The molecule has 0 saturated carbocycles. The molecule has 0 bridgehead atoms. The van der Waals surface area contributed by atoms with Crippen LogP contribution in [0.5, 0.6) is 5.75 Å². The summed E-state index contributed by atoms with van der Waals surface area (Å²) in [5.41, 5.74) is 2.19. The molecule has 1 amide bonds. The van der Waals surface area contributed by atoms with Crippen molar-refractivity contribution in [3.8, 4) is 5.75 Å². The number of phenolic OH excluding ortho intramolecular Hbond substituents is 1. The lowest BCUT2D eigenvalue weighted by atomic mass is 9.94. The minimum Gasteiger partial charge on any atom is -0.508 e. The summed E-state index contributed by atoms with van der Waals surface area (Å²) >= 11 is 0. The second-order valence-electron chi connectivity index (χ2n) is 6.06. The minimum atomic E-state index is -0.272. The van der Waals surface area contributed by atoms with E-state index in [-0.39, 0.29) is 23.5 Å². The highest BCUT2D eigenvalue weighted by molar-refractivity contribution is 5.95. The Morgan fingerprint density at radius 1 is 1.17 bits per heavy atom. The molecule has 3 rings (SSSR count). The highest BCUT2D eigenvalue weighted by Gasteiger charge is 2.28. The smallest absolute Gasteiger partial charge is 0.254 e. The van der Waals surface area contributed by atoms with Gasteiger partial charge in [0.1, 0.15) is 11.6 Å². The van der Waals surface area contributed by atoms with Crippen molar-refractivity contribution < 1.29 is 14.3 Å². The molecule has 1 heterocycles. The van der Waals surface area contributed by atoms with Crippen molar-refractivity contribution >= 4 is 5.91 Å². The van der Waals surface area contributed by atoms with E-state index in [4.69, 9.17) is 0 Å². The molecule has 1 saturated heterocycles. The van der Waals surface area contributed by atoms with E-state index in [2.05, 4.69) is 0 Å². The summed E-state index contributed by atoms with van der Waals surface area (Å²) in [6.45, 7) is 2.47. The molecule has 3 nitrogen and oxygen atoms in total. The molecule has 4 heteroatoms. The molecule has 0 aliphatic carbocycles. The molecule has 1 fully saturated rings. The Labute approximate surface area is 135 Å². The third kappa shape index (κ3) is 3.21. The van der Waals surface area contributed by atoms with Gasteiger partial charge >= 0.3 is 0 Å². The molecular weight excluding hydrogens is 293 g/mol. The van der Waals surface area contributed by atoms with E-state index in [9.17, 15) is 14.3 Å². The molecule has 0 radical (unpaired) electrons. The summed E-state index contributed by atoms with van der Waals surface area (Å²) in [6, 6.07) is 11.3. The van der Waals surface area contributed by atoms with Crippen molar-refractivity contribution in [3.63, 3.8) is 0 Å². The number of rotatable bonds is 2. The number of likely N-dealkylation sites (tertiary alicyclic amines) is 1. The van der Waals surface area contributed by atoms with Gasteiger partial charge in [0.25, 0.3) is 5.91 Å². The number of aromatic hydroxyl groups is 1. The molecule has 1 atom stereocenters. The van der Waals surface area contributed by atoms with Gasteiger partial charge in [0.15, 0.2) is 0 Å². The monoisotopic (exact) mass is 313 g/mol. The number of piperidine rings is 1. The van der Waals surface area contributed by atoms with Gasteiger partial charge in [-0.2, -0.15) is 0 Å². The molecule has 1 aliphatic rings. The number of hydrogen-bond acceptors (Lipinski definition) is 2. The first kappa shape index (κ1) is 15.5. The van der Waals surface area contributed by atoms with E-state index in [0.717, 1.165) is 30.4 Å². The van der Waals surface area contributed by atoms with Crippen LogP contribution in [0.25, 0.3) is 0 Å². The Morgan fingerprint density at radius 2 is 1.91 bits per heavy atom. The minimum absolute atomic E-state index is 0.0414. The maximum atomic E-state index is 13.1. The molecule has 2 aromatic rings. The molecular formula is C19H20FNO2. The van der Waals surface area contributed by atoms with Crippen molar-refractivity contribution in [3.05, 3.63) is 65.0 Å². The highest BCUT2D eigenvalue weighted by atomic mass is 19.1. The maximum absolute atomic E-state index is 13.1. The van der Waals surface area contributed by atoms with Crippen molar-refractivity contribution in [1.82, 2.24) is 4.90 Å². The van der Waals surface area contributed by atoms with Crippen LogP contribution in [0.4, 0.5) is 4.39 Å². The largest absolute Gasteiger partial charge is 0.508 e. The lowest BCUT2D eigenvalue weighted by molar-refractivity contribution is 0.0611. The number of carbonyl (C=O) groups excluding carboxylic acids is 1. The average molecular weight is 313 g/mol. The van der Waals surface area contributed by atoms with Crippen LogP contribution < -0.4 is 0 Å². The van der Waals surface area contributed by atoms with Gasteiger partial charge in [-0.3, -0.25) is 4.79 Å². The quantitative estimate of drug-likeness (QED) is 0.902. The molecule has 1 aliphatic heterocycles. The number of amides is 1. The van der Waals surface area contributed by atoms with Crippen LogP contribution in [0.1, 0.15) is 46.8 Å². The predicted octanol–water partition coefficient (Wildman–Crippen LogP) is 4.21. The SMILES string of the molecule is Cc1ccc(C(=O)N2CCCC[C@H]2c2ccc(F)cc2)cc1O. The van der Waals surface area contributed by atoms with Crippen molar-refractivity contribution in [2.75, 3.05) is 6.54 Å². The van der Waals surface area contributed by atoms with Crippen LogP contribution in [-0.2, 0) is 0 Å². The van der Waals surface area contributed by atoms with Crippen LogP contribution in [0, 0.1) is 12.7 Å². The van der Waals surface area contributed by atoms with E-state index >= 15 is 0 Å². The number of benzene rings is 2. The summed E-state index contributed by atoms with van der Waals surface area (Å²) in [7, 11) is 0. The highest BCUT2D eigenvalue weighted by Crippen LogP contribution is 2.32. The Bertz CT molecular complexity index is 712. The molecule has 1 N–H and O–H groups in total. The second-order valence-corrected chi connectivity index (χ2v) is 6.06. The molecule has 0 spiro atoms. The van der Waals surface area contributed by atoms with Crippen molar-refractivity contribution in [2.24, 2.45) is 0 Å². The first-order chi connectivity index (χ1) is 11.1. The molecule has 0 unspecified atom stereocenters. The van der Waals surface area contributed by atoms with Gasteiger partial charge in [0.05, 0.1) is 6.04 Å². The normalized spacial score (nSPS) is 18.0.